The minimum absolute atomic E-state index is 0.0192. The summed E-state index contributed by atoms with van der Waals surface area (Å²) >= 11 is 0. The van der Waals surface area contributed by atoms with E-state index in [1.165, 1.54) is 12.1 Å². The molecule has 0 aliphatic heterocycles. The number of hydrogen-bond donors (Lipinski definition) is 4. The molecular weight excluding hydrogens is 467 g/mol. The van der Waals surface area contributed by atoms with Gasteiger partial charge >= 0.3 is 6.09 Å². The molecule has 0 aliphatic rings. The Kier molecular flexibility index (Phi) is 10.2. The molecule has 3 aromatic rings. The topological polar surface area (TPSA) is 117 Å². The summed E-state index contributed by atoms with van der Waals surface area (Å²) in [5.74, 6) is -0.858. The van der Waals surface area contributed by atoms with Crippen LogP contribution >= 0.6 is 0 Å². The van der Waals surface area contributed by atoms with E-state index in [-0.39, 0.29) is 19.6 Å². The van der Waals surface area contributed by atoms with E-state index in [0.717, 1.165) is 11.1 Å². The third-order valence-electron chi connectivity index (χ3n) is 5.24. The first kappa shape index (κ1) is 26.7. The summed E-state index contributed by atoms with van der Waals surface area (Å²) in [5.41, 5.74) is 2.16. The molecule has 0 radical (unpaired) electrons. The molecule has 0 heterocycles. The molecule has 0 aromatic heterocycles. The molecule has 0 aliphatic carbocycles. The van der Waals surface area contributed by atoms with Crippen LogP contribution in [0.25, 0.3) is 0 Å². The smallest absolute Gasteiger partial charge is 0.407 e. The zero-order valence-electron chi connectivity index (χ0n) is 19.6. The number of aliphatic hydroxyl groups is 2. The largest absolute Gasteiger partial charge is 0.489 e. The number of benzene rings is 3. The summed E-state index contributed by atoms with van der Waals surface area (Å²) in [4.78, 5) is 24.2. The van der Waals surface area contributed by atoms with Crippen LogP contribution in [0.5, 0.6) is 5.75 Å². The van der Waals surface area contributed by atoms with E-state index in [9.17, 15) is 24.2 Å². The quantitative estimate of drug-likeness (QED) is 0.306. The van der Waals surface area contributed by atoms with Gasteiger partial charge in [0.25, 0.3) is 0 Å². The highest BCUT2D eigenvalue weighted by atomic mass is 19.1. The van der Waals surface area contributed by atoms with Crippen LogP contribution in [-0.4, -0.2) is 47.5 Å². The van der Waals surface area contributed by atoms with Gasteiger partial charge < -0.3 is 30.3 Å². The van der Waals surface area contributed by atoms with Crippen molar-refractivity contribution < 1.29 is 33.7 Å². The van der Waals surface area contributed by atoms with E-state index < -0.39 is 43.1 Å². The van der Waals surface area contributed by atoms with Crippen molar-refractivity contribution in [1.29, 1.82) is 0 Å². The minimum atomic E-state index is -1.31. The van der Waals surface area contributed by atoms with E-state index in [1.807, 2.05) is 48.5 Å². The van der Waals surface area contributed by atoms with Gasteiger partial charge in [0.05, 0.1) is 18.8 Å². The van der Waals surface area contributed by atoms with Gasteiger partial charge in [-0.1, -0.05) is 60.7 Å². The molecule has 0 bridgehead atoms. The zero-order chi connectivity index (χ0) is 25.8. The Morgan fingerprint density at radius 2 is 1.53 bits per heavy atom. The number of carbonyl (C=O) groups is 2. The molecule has 36 heavy (non-hydrogen) atoms. The molecule has 8 nitrogen and oxygen atoms in total. The summed E-state index contributed by atoms with van der Waals surface area (Å²) in [5, 5.41) is 24.5. The summed E-state index contributed by atoms with van der Waals surface area (Å²) in [7, 11) is 0. The van der Waals surface area contributed by atoms with Crippen molar-refractivity contribution in [2.24, 2.45) is 0 Å². The number of hydrogen-bond acceptors (Lipinski definition) is 6. The average molecular weight is 497 g/mol. The fraction of sp³-hybridized carbons (Fsp3) is 0.259. The molecule has 3 aromatic carbocycles. The van der Waals surface area contributed by atoms with Gasteiger partial charge in [0.2, 0.25) is 5.91 Å². The first-order chi connectivity index (χ1) is 17.4. The van der Waals surface area contributed by atoms with Gasteiger partial charge in [-0.05, 0) is 35.2 Å². The predicted molar refractivity (Wildman–Crippen MR) is 131 cm³/mol. The Bertz CT molecular complexity index is 1110. The molecule has 4 N–H and O–H groups in total. The number of ether oxygens (including phenoxy) is 2. The van der Waals surface area contributed by atoms with E-state index >= 15 is 0 Å². The number of rotatable bonds is 12. The van der Waals surface area contributed by atoms with Gasteiger partial charge in [0, 0.05) is 6.07 Å². The number of carbonyl (C=O) groups excluding carboxylic acids is 2. The van der Waals surface area contributed by atoms with E-state index in [4.69, 9.17) is 9.47 Å². The Morgan fingerprint density at radius 3 is 2.17 bits per heavy atom. The van der Waals surface area contributed by atoms with Crippen molar-refractivity contribution in [1.82, 2.24) is 10.6 Å². The van der Waals surface area contributed by atoms with Crippen LogP contribution in [0.15, 0.2) is 78.9 Å². The van der Waals surface area contributed by atoms with E-state index in [2.05, 4.69) is 10.6 Å². The zero-order valence-corrected chi connectivity index (χ0v) is 19.6. The van der Waals surface area contributed by atoms with Crippen LogP contribution in [0.1, 0.15) is 16.7 Å². The van der Waals surface area contributed by atoms with E-state index in [1.54, 1.807) is 18.2 Å². The van der Waals surface area contributed by atoms with Crippen molar-refractivity contribution in [3.05, 3.63) is 101 Å². The third-order valence-corrected chi connectivity index (χ3v) is 5.24. The number of alkyl carbamates (subject to hydrolysis) is 1. The second-order valence-electron chi connectivity index (χ2n) is 8.11. The predicted octanol–water partition coefficient (Wildman–Crippen LogP) is 2.71. The molecule has 2 unspecified atom stereocenters. The second kappa shape index (κ2) is 13.8. The Morgan fingerprint density at radius 1 is 0.889 bits per heavy atom. The van der Waals surface area contributed by atoms with Gasteiger partial charge in [0.1, 0.15) is 31.3 Å². The molecule has 2 atom stereocenters. The van der Waals surface area contributed by atoms with Crippen molar-refractivity contribution in [2.45, 2.75) is 31.8 Å². The normalized spacial score (nSPS) is 12.3. The third kappa shape index (κ3) is 9.01. The summed E-state index contributed by atoms with van der Waals surface area (Å²) in [6, 6.07) is 21.6. The van der Waals surface area contributed by atoms with Crippen LogP contribution in [-0.2, 0) is 29.2 Å². The van der Waals surface area contributed by atoms with Crippen molar-refractivity contribution in [2.75, 3.05) is 13.2 Å². The number of nitrogens with one attached hydrogen (secondary N) is 2. The molecular formula is C27H29FN2O6. The summed E-state index contributed by atoms with van der Waals surface area (Å²) < 4.78 is 24.9. The fourth-order valence-corrected chi connectivity index (χ4v) is 3.41. The molecule has 0 saturated carbocycles. The number of amides is 2. The molecule has 9 heteroatoms. The lowest BCUT2D eigenvalue weighted by molar-refractivity contribution is -0.122. The maximum absolute atomic E-state index is 14.2. The number of aliphatic hydroxyl groups excluding tert-OH is 2. The maximum atomic E-state index is 14.2. The molecule has 0 spiro atoms. The highest BCUT2D eigenvalue weighted by Gasteiger charge is 2.22. The summed E-state index contributed by atoms with van der Waals surface area (Å²) in [6.45, 7) is -0.732. The van der Waals surface area contributed by atoms with Crippen molar-refractivity contribution >= 4 is 12.0 Å². The molecule has 190 valence electrons. The minimum Gasteiger partial charge on any atom is -0.489 e. The SMILES string of the molecule is O=C(CNC(=O)OCc1ccccc1)NC(Cc1cc(F)cc(OCc2ccccc2)c1)C(O)CO. The van der Waals surface area contributed by atoms with Gasteiger partial charge in [-0.15, -0.1) is 0 Å². The first-order valence-corrected chi connectivity index (χ1v) is 11.4. The Labute approximate surface area is 208 Å². The second-order valence-corrected chi connectivity index (χ2v) is 8.11. The number of halogens is 1. The van der Waals surface area contributed by atoms with Gasteiger partial charge in [0.15, 0.2) is 0 Å². The highest BCUT2D eigenvalue weighted by Crippen LogP contribution is 2.20. The van der Waals surface area contributed by atoms with Crippen LogP contribution in [0.2, 0.25) is 0 Å². The van der Waals surface area contributed by atoms with Crippen LogP contribution < -0.4 is 15.4 Å². The Hall–Kier alpha value is -3.95. The maximum Gasteiger partial charge on any atom is 0.407 e. The first-order valence-electron chi connectivity index (χ1n) is 11.4. The lowest BCUT2D eigenvalue weighted by Crippen LogP contribution is -2.49. The molecule has 0 saturated heterocycles. The van der Waals surface area contributed by atoms with E-state index in [0.29, 0.717) is 11.3 Å². The molecule has 3 rings (SSSR count). The fourth-order valence-electron chi connectivity index (χ4n) is 3.41. The van der Waals surface area contributed by atoms with Gasteiger partial charge in [-0.2, -0.15) is 0 Å². The van der Waals surface area contributed by atoms with Crippen LogP contribution in [0.4, 0.5) is 9.18 Å². The van der Waals surface area contributed by atoms with Gasteiger partial charge in [-0.3, -0.25) is 4.79 Å². The van der Waals surface area contributed by atoms with Gasteiger partial charge in [-0.25, -0.2) is 9.18 Å². The molecule has 0 fully saturated rings. The average Bonchev–Trinajstić information content (AvgIpc) is 2.89. The standard InChI is InChI=1S/C27H29FN2O6/c28-22-11-21(12-23(14-22)35-17-19-7-3-1-4-8-19)13-24(25(32)16-31)30-26(33)15-29-27(34)36-18-20-9-5-2-6-10-20/h1-12,14,24-25,31-32H,13,15-18H2,(H,29,34)(H,30,33). The van der Waals surface area contributed by atoms with Crippen molar-refractivity contribution in [3.8, 4) is 5.75 Å². The van der Waals surface area contributed by atoms with Crippen molar-refractivity contribution in [3.63, 3.8) is 0 Å². The van der Waals surface area contributed by atoms with Crippen LogP contribution in [0.3, 0.4) is 0 Å². The Balaban J connectivity index is 1.53. The summed E-state index contributed by atoms with van der Waals surface area (Å²) in [6.07, 6.45) is -2.07. The lowest BCUT2D eigenvalue weighted by atomic mass is 10.0. The monoisotopic (exact) mass is 496 g/mol. The molecule has 2 amide bonds. The highest BCUT2D eigenvalue weighted by molar-refractivity contribution is 5.82. The van der Waals surface area contributed by atoms with Crippen LogP contribution in [0, 0.1) is 5.82 Å². The lowest BCUT2D eigenvalue weighted by Gasteiger charge is -2.23.